The molecule has 0 amide bonds. The first-order valence-electron chi connectivity index (χ1n) is 20.0. The van der Waals surface area contributed by atoms with Crippen LogP contribution in [0, 0.1) is 53.7 Å². The average molecular weight is 798 g/mol. The van der Waals surface area contributed by atoms with Gasteiger partial charge in [0.25, 0.3) is 0 Å². The second-order valence-corrected chi connectivity index (χ2v) is 19.6. The quantitative estimate of drug-likeness (QED) is 0.209. The van der Waals surface area contributed by atoms with Crippen molar-refractivity contribution in [2.75, 3.05) is 0 Å². The number of aliphatic hydroxyl groups excluding tert-OH is 1. The summed E-state index contributed by atoms with van der Waals surface area (Å²) in [6.07, 6.45) is 13.5. The van der Waals surface area contributed by atoms with Gasteiger partial charge in [0.1, 0.15) is 5.76 Å². The lowest BCUT2D eigenvalue weighted by Crippen LogP contribution is -2.51. The molecule has 12 heteroatoms. The lowest BCUT2D eigenvalue weighted by atomic mass is 9.53. The van der Waals surface area contributed by atoms with Gasteiger partial charge < -0.3 is 14.7 Å². The summed E-state index contributed by atoms with van der Waals surface area (Å²) in [5.41, 5.74) is 4.56. The predicted molar refractivity (Wildman–Crippen MR) is 227 cm³/mol. The third kappa shape index (κ3) is 5.67. The molecule has 6 atom stereocenters. The highest BCUT2D eigenvalue weighted by Crippen LogP contribution is 2.59. The molecular formula is C47H59N9O3. The zero-order valence-corrected chi connectivity index (χ0v) is 34.4. The van der Waals surface area contributed by atoms with Gasteiger partial charge in [-0.15, -0.1) is 0 Å². The van der Waals surface area contributed by atoms with Crippen molar-refractivity contribution in [2.24, 2.45) is 34.0 Å². The van der Waals surface area contributed by atoms with Crippen molar-refractivity contribution >= 4 is 11.6 Å². The Morgan fingerprint density at radius 1 is 0.729 bits per heavy atom. The monoisotopic (exact) mass is 797 g/mol. The maximum absolute atomic E-state index is 13.0. The minimum atomic E-state index is -0.641. The van der Waals surface area contributed by atoms with Crippen LogP contribution in [0.4, 0.5) is 0 Å². The fourth-order valence-corrected chi connectivity index (χ4v) is 12.5. The van der Waals surface area contributed by atoms with Crippen molar-refractivity contribution in [2.45, 2.75) is 138 Å². The molecule has 3 N–H and O–H groups in total. The van der Waals surface area contributed by atoms with E-state index in [1.807, 2.05) is 56.9 Å². The second kappa shape index (κ2) is 13.8. The van der Waals surface area contributed by atoms with E-state index < -0.39 is 21.7 Å². The number of hydrogen-bond acceptors (Lipinski definition) is 6. The highest BCUT2D eigenvalue weighted by atomic mass is 16.3. The summed E-state index contributed by atoms with van der Waals surface area (Å²) in [5, 5.41) is 30.8. The molecule has 9 rings (SSSR count). The van der Waals surface area contributed by atoms with Crippen molar-refractivity contribution in [3.63, 3.8) is 0 Å². The van der Waals surface area contributed by atoms with Crippen molar-refractivity contribution in [3.8, 4) is 5.82 Å². The number of carbonyl (C=O) groups excluding carboxylic acids is 2. The first-order valence-corrected chi connectivity index (χ1v) is 20.0. The van der Waals surface area contributed by atoms with E-state index >= 15 is 0 Å². The Morgan fingerprint density at radius 2 is 1.29 bits per heavy atom. The molecule has 3 heterocycles. The maximum Gasteiger partial charge on any atom is 0.226 e. The van der Waals surface area contributed by atoms with Gasteiger partial charge in [-0.3, -0.25) is 10.2 Å². The number of carbonyl (C=O) groups is 2. The summed E-state index contributed by atoms with van der Waals surface area (Å²) in [4.78, 5) is 36.8. The molecule has 12 nitrogen and oxygen atoms in total. The van der Waals surface area contributed by atoms with E-state index in [1.54, 1.807) is 0 Å². The first-order chi connectivity index (χ1) is 26.7. The Morgan fingerprint density at radius 3 is 1.90 bits per heavy atom. The molecule has 6 aliphatic rings. The summed E-state index contributed by atoms with van der Waals surface area (Å²) in [6, 6.07) is 0. The topological polar surface area (TPSA) is 143 Å². The van der Waals surface area contributed by atoms with Crippen molar-refractivity contribution in [1.29, 1.82) is 0 Å². The van der Waals surface area contributed by atoms with E-state index in [0.29, 0.717) is 18.0 Å². The van der Waals surface area contributed by atoms with Crippen molar-refractivity contribution in [3.05, 3.63) is 115 Å². The summed E-state index contributed by atoms with van der Waals surface area (Å²) in [7, 11) is 0. The number of aryl methyl sites for hydroxylation is 2. The number of aromatic amines is 2. The van der Waals surface area contributed by atoms with Gasteiger partial charge in [0.2, 0.25) is 17.1 Å². The van der Waals surface area contributed by atoms with Gasteiger partial charge in [-0.2, -0.15) is 15.3 Å². The smallest absolute Gasteiger partial charge is 0.226 e. The molecule has 0 saturated heterocycles. The summed E-state index contributed by atoms with van der Waals surface area (Å²) < 4.78 is 1.85. The van der Waals surface area contributed by atoms with Gasteiger partial charge in [0.15, 0.2) is 17.4 Å². The van der Waals surface area contributed by atoms with Crippen LogP contribution < -0.4 is 0 Å². The number of allylic oxidation sites excluding steroid dienone is 6. The summed E-state index contributed by atoms with van der Waals surface area (Å²) >= 11 is 0. The molecule has 59 heavy (non-hydrogen) atoms. The molecule has 0 aromatic carbocycles. The standard InChI is InChI=1S/C30H32N6O2.C15H19N3O.2CH4/c1-27(2)20-11-9-16-15-36(35-22(16)29(20,5)13-18(31-7)24(27)37)26-17-10-12-21-28(3,4)25(38)19(32-8)14-30(21,6)23(17)33-34-26;1-14(2)11-6-5-9-8-17-18-12(9)15(11,3)7-10(16-4)13(14)19;;/h13-15,20-21H,9-12H2,1-6H3,(H,33,34);8,11,19H,5-7H2,1-3H3,(H,17,18);2*1H4/t20-,21-,29-,30-;11-,15-;;/m00../s1. The van der Waals surface area contributed by atoms with E-state index in [0.717, 1.165) is 72.6 Å². The molecule has 3 aromatic rings. The van der Waals surface area contributed by atoms with Crippen LogP contribution in [0.25, 0.3) is 20.4 Å². The fourth-order valence-electron chi connectivity index (χ4n) is 12.5. The average Bonchev–Trinajstić information content (AvgIpc) is 3.93. The van der Waals surface area contributed by atoms with Gasteiger partial charge in [-0.25, -0.2) is 19.2 Å². The molecule has 6 aliphatic carbocycles. The van der Waals surface area contributed by atoms with Crippen molar-refractivity contribution in [1.82, 2.24) is 30.2 Å². The third-order valence-corrected chi connectivity index (χ3v) is 15.4. The number of aliphatic hydroxyl groups is 1. The molecular weight excluding hydrogens is 739 g/mol. The Balaban J connectivity index is 0.000000235. The van der Waals surface area contributed by atoms with Crippen molar-refractivity contribution < 1.29 is 14.7 Å². The van der Waals surface area contributed by atoms with Gasteiger partial charge in [-0.1, -0.05) is 89.3 Å². The zero-order chi connectivity index (χ0) is 41.2. The maximum atomic E-state index is 13.0. The molecule has 0 spiro atoms. The normalized spacial score (nSPS) is 31.4. The second-order valence-electron chi connectivity index (χ2n) is 19.6. The van der Waals surface area contributed by atoms with E-state index in [-0.39, 0.29) is 66.2 Å². The Hall–Kier alpha value is -5.54. The van der Waals surface area contributed by atoms with Crippen LogP contribution in [0.5, 0.6) is 0 Å². The first kappa shape index (κ1) is 43.0. The van der Waals surface area contributed by atoms with Gasteiger partial charge in [0, 0.05) is 55.6 Å². The van der Waals surface area contributed by atoms with Crippen LogP contribution in [0.2, 0.25) is 0 Å². The van der Waals surface area contributed by atoms with Crippen LogP contribution in [-0.2, 0) is 45.1 Å². The summed E-state index contributed by atoms with van der Waals surface area (Å²) in [5.74, 6) is 1.30. The van der Waals surface area contributed by atoms with Gasteiger partial charge >= 0.3 is 0 Å². The lowest BCUT2D eigenvalue weighted by molar-refractivity contribution is -0.129. The van der Waals surface area contributed by atoms with Gasteiger partial charge in [0.05, 0.1) is 31.6 Å². The molecule has 310 valence electrons. The van der Waals surface area contributed by atoms with E-state index in [1.165, 1.54) is 5.56 Å². The molecule has 0 saturated carbocycles. The van der Waals surface area contributed by atoms with Crippen LogP contribution in [-0.4, -0.2) is 46.8 Å². The number of fused-ring (bicyclic) bond motifs is 9. The number of aromatic nitrogens is 6. The van der Waals surface area contributed by atoms with E-state index in [9.17, 15) is 14.7 Å². The summed E-state index contributed by atoms with van der Waals surface area (Å²) in [6.45, 7) is 40.9. The Kier molecular flexibility index (Phi) is 10.0. The number of hydrogen-bond donors (Lipinski definition) is 3. The van der Waals surface area contributed by atoms with Crippen LogP contribution in [0.3, 0.4) is 0 Å². The lowest BCUT2D eigenvalue weighted by Gasteiger charge is -2.52. The van der Waals surface area contributed by atoms with Crippen LogP contribution >= 0.6 is 0 Å². The largest absolute Gasteiger partial charge is 0.523 e. The van der Waals surface area contributed by atoms with Crippen LogP contribution in [0.15, 0.2) is 47.4 Å². The zero-order valence-electron chi connectivity index (χ0n) is 34.4. The number of ketones is 2. The molecule has 0 unspecified atom stereocenters. The predicted octanol–water partition coefficient (Wildman–Crippen LogP) is 9.68. The highest BCUT2D eigenvalue weighted by Gasteiger charge is 2.57. The number of H-pyrrole nitrogens is 2. The minimum Gasteiger partial charge on any atom is -0.523 e. The number of Topliss-reactive ketones (excluding diaryl/α,β-unsaturated/α-hetero) is 2. The SMILES string of the molecule is C.C.[C-]#[N+]C1=C(O)C(C)(C)[C@@H]2CCc3cn[nH]c3[C@@]2(C)C1.[C-]#[N+]C1=C[C@]2(C)c3nn(-c4n[nH]c5c4CC[C@H]4C(C)(C)C(=O)C([N+]#[C-])=C[C@]54C)cc3CC[C@H]2C(C)(C)C1=O. The van der Waals surface area contributed by atoms with E-state index in [4.69, 9.17) is 29.9 Å². The molecule has 0 aliphatic heterocycles. The fraction of sp³-hybridized carbons (Fsp3) is 0.574. The van der Waals surface area contributed by atoms with Crippen LogP contribution in [0.1, 0.15) is 137 Å². The Bertz CT molecular complexity index is 2500. The molecule has 0 bridgehead atoms. The molecule has 0 radical (unpaired) electrons. The number of nitrogens with zero attached hydrogens (tertiary/aromatic N) is 7. The van der Waals surface area contributed by atoms with Gasteiger partial charge in [-0.05, 0) is 73.8 Å². The highest BCUT2D eigenvalue weighted by molar-refractivity contribution is 6.03. The third-order valence-electron chi connectivity index (χ3n) is 15.4. The number of nitrogens with one attached hydrogen (secondary N) is 2. The minimum absolute atomic E-state index is 0. The van der Waals surface area contributed by atoms with E-state index in [2.05, 4.69) is 64.4 Å². The Labute approximate surface area is 349 Å². The molecule has 3 aromatic heterocycles. The number of rotatable bonds is 1. The molecule has 0 fully saturated rings.